The minimum Gasteiger partial charge on any atom is -0.481 e. The molecule has 92 valence electrons. The van der Waals surface area contributed by atoms with E-state index in [1.807, 2.05) is 24.5 Å². The molecule has 0 aliphatic carbocycles. The second-order valence-corrected chi connectivity index (χ2v) is 5.40. The van der Waals surface area contributed by atoms with E-state index in [4.69, 9.17) is 16.7 Å². The number of carboxylic acids is 1. The third-order valence-electron chi connectivity index (χ3n) is 3.05. The number of hydrogen-bond acceptors (Lipinski definition) is 3. The molecule has 1 saturated heterocycles. The van der Waals surface area contributed by atoms with Crippen LogP contribution >= 0.6 is 23.4 Å². The fourth-order valence-electron chi connectivity index (χ4n) is 2.14. The van der Waals surface area contributed by atoms with Crippen LogP contribution in [0.5, 0.6) is 0 Å². The molecule has 1 aliphatic rings. The van der Waals surface area contributed by atoms with Gasteiger partial charge in [0, 0.05) is 22.5 Å². The van der Waals surface area contributed by atoms with Gasteiger partial charge >= 0.3 is 5.97 Å². The highest BCUT2D eigenvalue weighted by Crippen LogP contribution is 2.34. The highest BCUT2D eigenvalue weighted by atomic mass is 35.5. The highest BCUT2D eigenvalue weighted by Gasteiger charge is 2.31. The van der Waals surface area contributed by atoms with Gasteiger partial charge in [-0.3, -0.25) is 4.79 Å². The number of thioether (sulfide) groups is 1. The zero-order chi connectivity index (χ0) is 12.4. The van der Waals surface area contributed by atoms with Gasteiger partial charge in [-0.05, 0) is 36.4 Å². The molecular weight excluding hydrogens is 258 g/mol. The number of benzene rings is 1. The normalized spacial score (nSPS) is 23.9. The molecule has 2 atom stereocenters. The molecule has 17 heavy (non-hydrogen) atoms. The van der Waals surface area contributed by atoms with E-state index in [2.05, 4.69) is 5.32 Å². The topological polar surface area (TPSA) is 49.3 Å². The first-order chi connectivity index (χ1) is 8.11. The first-order valence-corrected chi connectivity index (χ1v) is 7.01. The zero-order valence-corrected chi connectivity index (χ0v) is 11.0. The Bertz CT molecular complexity index is 439. The maximum Gasteiger partial charge on any atom is 0.307 e. The van der Waals surface area contributed by atoms with E-state index in [9.17, 15) is 4.79 Å². The molecule has 3 nitrogen and oxygen atoms in total. The smallest absolute Gasteiger partial charge is 0.307 e. The average Bonchev–Trinajstić information content (AvgIpc) is 2.78. The monoisotopic (exact) mass is 271 g/mol. The van der Waals surface area contributed by atoms with Gasteiger partial charge in [-0.15, -0.1) is 11.8 Å². The van der Waals surface area contributed by atoms with E-state index in [1.54, 1.807) is 11.8 Å². The summed E-state index contributed by atoms with van der Waals surface area (Å²) in [4.78, 5) is 12.1. The summed E-state index contributed by atoms with van der Waals surface area (Å²) in [5, 5.41) is 12.9. The number of aliphatic carboxylic acids is 1. The van der Waals surface area contributed by atoms with Crippen molar-refractivity contribution in [3.05, 3.63) is 28.8 Å². The van der Waals surface area contributed by atoms with E-state index in [0.717, 1.165) is 10.5 Å². The minimum absolute atomic E-state index is 0.0947. The number of carboxylic acid groups (broad SMARTS) is 1. The lowest BCUT2D eigenvalue weighted by Gasteiger charge is -2.15. The van der Waals surface area contributed by atoms with Crippen LogP contribution in [0, 0.1) is 5.92 Å². The van der Waals surface area contributed by atoms with Crippen molar-refractivity contribution in [3.63, 3.8) is 0 Å². The van der Waals surface area contributed by atoms with Crippen LogP contribution in [0.15, 0.2) is 23.1 Å². The third kappa shape index (κ3) is 2.76. The predicted molar refractivity (Wildman–Crippen MR) is 69.7 cm³/mol. The van der Waals surface area contributed by atoms with Gasteiger partial charge in [-0.1, -0.05) is 11.6 Å². The van der Waals surface area contributed by atoms with Gasteiger partial charge in [-0.25, -0.2) is 0 Å². The Balaban J connectivity index is 2.23. The zero-order valence-electron chi connectivity index (χ0n) is 9.44. The molecule has 1 heterocycles. The Hall–Kier alpha value is -0.710. The maximum atomic E-state index is 10.9. The molecule has 0 spiro atoms. The lowest BCUT2D eigenvalue weighted by atomic mass is 10.0. The molecule has 0 amide bonds. The second-order valence-electron chi connectivity index (χ2n) is 4.12. The average molecular weight is 272 g/mol. The van der Waals surface area contributed by atoms with Crippen molar-refractivity contribution < 1.29 is 9.90 Å². The van der Waals surface area contributed by atoms with E-state index < -0.39 is 5.97 Å². The molecule has 1 aromatic carbocycles. The molecule has 1 aliphatic heterocycles. The van der Waals surface area contributed by atoms with Crippen LogP contribution in [0.1, 0.15) is 18.0 Å². The quantitative estimate of drug-likeness (QED) is 0.830. The Morgan fingerprint density at radius 1 is 1.59 bits per heavy atom. The van der Waals surface area contributed by atoms with Crippen LogP contribution in [0.2, 0.25) is 5.02 Å². The summed E-state index contributed by atoms with van der Waals surface area (Å²) in [6.07, 6.45) is 2.64. The van der Waals surface area contributed by atoms with Crippen molar-refractivity contribution in [2.75, 3.05) is 12.8 Å². The summed E-state index contributed by atoms with van der Waals surface area (Å²) in [5.41, 5.74) is 1.11. The molecule has 2 rings (SSSR count). The van der Waals surface area contributed by atoms with Gasteiger partial charge in [0.05, 0.1) is 5.92 Å². The lowest BCUT2D eigenvalue weighted by Crippen LogP contribution is -2.17. The SMILES string of the molecule is CSc1ccc(Cl)cc1C1CC(C(=O)O)CN1. The molecule has 1 aromatic rings. The summed E-state index contributed by atoms with van der Waals surface area (Å²) in [6.45, 7) is 0.528. The summed E-state index contributed by atoms with van der Waals surface area (Å²) >= 11 is 7.65. The Labute approximate surface area is 110 Å². The van der Waals surface area contributed by atoms with Gasteiger partial charge in [-0.2, -0.15) is 0 Å². The first-order valence-electron chi connectivity index (χ1n) is 5.41. The molecule has 5 heteroatoms. The van der Waals surface area contributed by atoms with Crippen molar-refractivity contribution >= 4 is 29.3 Å². The molecule has 0 saturated carbocycles. The number of carbonyl (C=O) groups is 1. The molecule has 1 fully saturated rings. The van der Waals surface area contributed by atoms with E-state index >= 15 is 0 Å². The number of hydrogen-bond donors (Lipinski definition) is 2. The summed E-state index contributed by atoms with van der Waals surface area (Å²) in [6, 6.07) is 5.87. The van der Waals surface area contributed by atoms with Crippen LogP contribution in [0.3, 0.4) is 0 Å². The number of nitrogens with one attached hydrogen (secondary N) is 1. The van der Waals surface area contributed by atoms with Crippen LogP contribution in [-0.2, 0) is 4.79 Å². The van der Waals surface area contributed by atoms with Crippen molar-refractivity contribution in [1.29, 1.82) is 0 Å². The van der Waals surface area contributed by atoms with Gasteiger partial charge in [0.2, 0.25) is 0 Å². The van der Waals surface area contributed by atoms with Crippen molar-refractivity contribution in [1.82, 2.24) is 5.32 Å². The summed E-state index contributed by atoms with van der Waals surface area (Å²) in [7, 11) is 0. The molecule has 0 aromatic heterocycles. The second kappa shape index (κ2) is 5.29. The Morgan fingerprint density at radius 3 is 2.94 bits per heavy atom. The van der Waals surface area contributed by atoms with Crippen molar-refractivity contribution in [3.8, 4) is 0 Å². The van der Waals surface area contributed by atoms with Crippen LogP contribution in [-0.4, -0.2) is 23.9 Å². The number of rotatable bonds is 3. The maximum absolute atomic E-state index is 10.9. The lowest BCUT2D eigenvalue weighted by molar-refractivity contribution is -0.141. The predicted octanol–water partition coefficient (Wildman–Crippen LogP) is 2.80. The third-order valence-corrected chi connectivity index (χ3v) is 4.09. The van der Waals surface area contributed by atoms with Crippen LogP contribution in [0.4, 0.5) is 0 Å². The largest absolute Gasteiger partial charge is 0.481 e. The van der Waals surface area contributed by atoms with E-state index in [-0.39, 0.29) is 12.0 Å². The van der Waals surface area contributed by atoms with Gasteiger partial charge in [0.15, 0.2) is 0 Å². The first kappa shape index (κ1) is 12.7. The van der Waals surface area contributed by atoms with E-state index in [1.165, 1.54) is 0 Å². The van der Waals surface area contributed by atoms with Gasteiger partial charge < -0.3 is 10.4 Å². The molecular formula is C12H14ClNO2S. The highest BCUT2D eigenvalue weighted by molar-refractivity contribution is 7.98. The van der Waals surface area contributed by atoms with E-state index in [0.29, 0.717) is 18.0 Å². The summed E-state index contributed by atoms with van der Waals surface area (Å²) < 4.78 is 0. The Kier molecular flexibility index (Phi) is 3.97. The Morgan fingerprint density at radius 2 is 2.35 bits per heavy atom. The van der Waals surface area contributed by atoms with Gasteiger partial charge in [0.25, 0.3) is 0 Å². The van der Waals surface area contributed by atoms with Crippen LogP contribution in [0.25, 0.3) is 0 Å². The minimum atomic E-state index is -0.729. The summed E-state index contributed by atoms with van der Waals surface area (Å²) in [5.74, 6) is -1.03. The van der Waals surface area contributed by atoms with Crippen molar-refractivity contribution in [2.24, 2.45) is 5.92 Å². The molecule has 2 N–H and O–H groups in total. The van der Waals surface area contributed by atoms with Crippen LogP contribution < -0.4 is 5.32 Å². The van der Waals surface area contributed by atoms with Crippen molar-refractivity contribution in [2.45, 2.75) is 17.4 Å². The molecule has 0 bridgehead atoms. The standard InChI is InChI=1S/C12H14ClNO2S/c1-17-11-3-2-8(13)5-9(11)10-4-7(6-14-10)12(15)16/h2-3,5,7,10,14H,4,6H2,1H3,(H,15,16). The molecule has 0 radical (unpaired) electrons. The molecule has 2 unspecified atom stereocenters. The fraction of sp³-hybridized carbons (Fsp3) is 0.417. The number of halogens is 1. The van der Waals surface area contributed by atoms with Gasteiger partial charge in [0.1, 0.15) is 0 Å². The fourth-order valence-corrected chi connectivity index (χ4v) is 2.96.